The van der Waals surface area contributed by atoms with Gasteiger partial charge in [0.05, 0.1) is 13.2 Å². The molecule has 0 radical (unpaired) electrons. The number of aliphatic hydroxyl groups is 1. The Kier molecular flexibility index (Phi) is 3.42. The molecule has 0 atom stereocenters. The maximum absolute atomic E-state index is 8.50. The Morgan fingerprint density at radius 2 is 2.00 bits per heavy atom. The molecule has 2 aliphatic rings. The van der Waals surface area contributed by atoms with Gasteiger partial charge >= 0.3 is 0 Å². The molecule has 1 heterocycles. The van der Waals surface area contributed by atoms with Gasteiger partial charge in [-0.15, -0.1) is 0 Å². The molecule has 0 unspecified atom stereocenters. The van der Waals surface area contributed by atoms with Crippen molar-refractivity contribution in [2.45, 2.75) is 25.7 Å². The first-order chi connectivity index (χ1) is 6.85. The van der Waals surface area contributed by atoms with Gasteiger partial charge in [0.15, 0.2) is 0 Å². The fourth-order valence-electron chi connectivity index (χ4n) is 2.61. The van der Waals surface area contributed by atoms with E-state index in [0.717, 1.165) is 18.4 Å². The van der Waals surface area contributed by atoms with E-state index < -0.39 is 0 Å². The number of aliphatic hydroxyl groups excluding tert-OH is 1. The van der Waals surface area contributed by atoms with Gasteiger partial charge in [0.1, 0.15) is 0 Å². The lowest BCUT2D eigenvalue weighted by atomic mass is 9.63. The Morgan fingerprint density at radius 3 is 2.57 bits per heavy atom. The highest BCUT2D eigenvalue weighted by molar-refractivity contribution is 5.00. The summed E-state index contributed by atoms with van der Waals surface area (Å²) in [6.45, 7) is 5.26. The van der Waals surface area contributed by atoms with E-state index in [2.05, 4.69) is 4.90 Å². The molecule has 1 aliphatic heterocycles. The molecular formula is C11H21NO2. The van der Waals surface area contributed by atoms with Crippen molar-refractivity contribution in [1.29, 1.82) is 0 Å². The van der Waals surface area contributed by atoms with Crippen LogP contribution in [0.4, 0.5) is 0 Å². The Balaban J connectivity index is 1.44. The average molecular weight is 199 g/mol. The molecule has 2 rings (SSSR count). The van der Waals surface area contributed by atoms with Crippen LogP contribution in [0.2, 0.25) is 0 Å². The van der Waals surface area contributed by atoms with Crippen molar-refractivity contribution >= 4 is 0 Å². The molecule has 0 amide bonds. The second-order valence-electron chi connectivity index (χ2n) is 4.75. The third kappa shape index (κ3) is 2.27. The second-order valence-corrected chi connectivity index (χ2v) is 4.75. The number of hydrogen-bond acceptors (Lipinski definition) is 3. The molecule has 0 aromatic carbocycles. The van der Waals surface area contributed by atoms with Gasteiger partial charge in [-0.25, -0.2) is 0 Å². The van der Waals surface area contributed by atoms with Crippen LogP contribution >= 0.6 is 0 Å². The van der Waals surface area contributed by atoms with E-state index in [1.807, 2.05) is 0 Å². The van der Waals surface area contributed by atoms with Crippen LogP contribution in [0.25, 0.3) is 0 Å². The highest BCUT2D eigenvalue weighted by atomic mass is 16.5. The third-order valence-corrected chi connectivity index (χ3v) is 3.53. The Hall–Kier alpha value is -0.120. The van der Waals surface area contributed by atoms with Crippen molar-refractivity contribution in [1.82, 2.24) is 4.90 Å². The minimum absolute atomic E-state index is 0.146. The molecule has 82 valence electrons. The molecule has 3 nitrogen and oxygen atoms in total. The summed E-state index contributed by atoms with van der Waals surface area (Å²) in [7, 11) is 0. The molecule has 0 aromatic rings. The predicted molar refractivity (Wildman–Crippen MR) is 55.2 cm³/mol. The van der Waals surface area contributed by atoms with Crippen molar-refractivity contribution in [2.24, 2.45) is 5.41 Å². The summed E-state index contributed by atoms with van der Waals surface area (Å²) in [5, 5.41) is 8.50. The summed E-state index contributed by atoms with van der Waals surface area (Å²) in [6, 6.07) is 0. The number of nitrogens with zero attached hydrogens (tertiary/aromatic N) is 1. The first-order valence-electron chi connectivity index (χ1n) is 5.76. The quantitative estimate of drug-likeness (QED) is 0.644. The lowest BCUT2D eigenvalue weighted by molar-refractivity contribution is -0.0627. The smallest absolute Gasteiger partial charge is 0.0697 e. The summed E-state index contributed by atoms with van der Waals surface area (Å²) in [4.78, 5) is 2.53. The summed E-state index contributed by atoms with van der Waals surface area (Å²) >= 11 is 0. The van der Waals surface area contributed by atoms with Crippen LogP contribution in [-0.2, 0) is 4.74 Å². The summed E-state index contributed by atoms with van der Waals surface area (Å²) < 4.78 is 5.22. The number of rotatable bonds is 6. The molecule has 1 N–H and O–H groups in total. The normalized spacial score (nSPS) is 24.6. The van der Waals surface area contributed by atoms with Crippen molar-refractivity contribution < 1.29 is 9.84 Å². The largest absolute Gasteiger partial charge is 0.394 e. The highest BCUT2D eigenvalue weighted by Gasteiger charge is 2.46. The van der Waals surface area contributed by atoms with Gasteiger partial charge in [0.25, 0.3) is 0 Å². The zero-order valence-corrected chi connectivity index (χ0v) is 8.87. The Labute approximate surface area is 86.0 Å². The lowest BCUT2D eigenvalue weighted by Gasteiger charge is -2.56. The van der Waals surface area contributed by atoms with E-state index in [4.69, 9.17) is 9.84 Å². The molecule has 3 heteroatoms. The van der Waals surface area contributed by atoms with E-state index >= 15 is 0 Å². The molecular weight excluding hydrogens is 178 g/mol. The van der Waals surface area contributed by atoms with Gasteiger partial charge in [-0.3, -0.25) is 0 Å². The number of ether oxygens (including phenoxy) is 1. The summed E-state index contributed by atoms with van der Waals surface area (Å²) in [5.74, 6) is 0. The summed E-state index contributed by atoms with van der Waals surface area (Å²) in [6.07, 6.45) is 5.48. The van der Waals surface area contributed by atoms with Gasteiger partial charge in [-0.05, 0) is 24.7 Å². The molecule has 2 fully saturated rings. The van der Waals surface area contributed by atoms with Crippen molar-refractivity contribution in [3.8, 4) is 0 Å². The SMILES string of the molecule is OCCOCCCN1CC2(CCC2)C1. The first-order valence-corrected chi connectivity index (χ1v) is 5.76. The van der Waals surface area contributed by atoms with Crippen LogP contribution in [0.3, 0.4) is 0 Å². The van der Waals surface area contributed by atoms with E-state index in [1.54, 1.807) is 0 Å². The topological polar surface area (TPSA) is 32.7 Å². The monoisotopic (exact) mass is 199 g/mol. The highest BCUT2D eigenvalue weighted by Crippen LogP contribution is 2.47. The van der Waals surface area contributed by atoms with Crippen molar-refractivity contribution in [2.75, 3.05) is 39.5 Å². The number of hydrogen-bond donors (Lipinski definition) is 1. The van der Waals surface area contributed by atoms with Gasteiger partial charge in [0, 0.05) is 26.2 Å². The molecule has 1 saturated carbocycles. The van der Waals surface area contributed by atoms with Crippen LogP contribution in [-0.4, -0.2) is 49.5 Å². The van der Waals surface area contributed by atoms with E-state index in [9.17, 15) is 0 Å². The van der Waals surface area contributed by atoms with Crippen molar-refractivity contribution in [3.63, 3.8) is 0 Å². The fourth-order valence-corrected chi connectivity index (χ4v) is 2.61. The average Bonchev–Trinajstić information content (AvgIpc) is 2.04. The minimum Gasteiger partial charge on any atom is -0.394 e. The summed E-state index contributed by atoms with van der Waals surface area (Å²) in [5.41, 5.74) is 0.756. The van der Waals surface area contributed by atoms with Gasteiger partial charge < -0.3 is 14.7 Å². The third-order valence-electron chi connectivity index (χ3n) is 3.53. The van der Waals surface area contributed by atoms with Crippen LogP contribution < -0.4 is 0 Å². The van der Waals surface area contributed by atoms with Crippen molar-refractivity contribution in [3.05, 3.63) is 0 Å². The van der Waals surface area contributed by atoms with Crippen LogP contribution in [0.1, 0.15) is 25.7 Å². The molecule has 1 spiro atoms. The molecule has 0 aromatic heterocycles. The molecule has 0 bridgehead atoms. The first kappa shape index (κ1) is 10.4. The molecule has 14 heavy (non-hydrogen) atoms. The van der Waals surface area contributed by atoms with Gasteiger partial charge in [-0.2, -0.15) is 0 Å². The van der Waals surface area contributed by atoms with Crippen LogP contribution in [0.15, 0.2) is 0 Å². The van der Waals surface area contributed by atoms with E-state index in [0.29, 0.717) is 6.61 Å². The fraction of sp³-hybridized carbons (Fsp3) is 1.00. The maximum Gasteiger partial charge on any atom is 0.0697 e. The molecule has 1 aliphatic carbocycles. The van der Waals surface area contributed by atoms with Crippen LogP contribution in [0.5, 0.6) is 0 Å². The lowest BCUT2D eigenvalue weighted by Crippen LogP contribution is -2.59. The number of likely N-dealkylation sites (tertiary alicyclic amines) is 1. The maximum atomic E-state index is 8.50. The van der Waals surface area contributed by atoms with Crippen LogP contribution in [0, 0.1) is 5.41 Å². The second kappa shape index (κ2) is 4.60. The van der Waals surface area contributed by atoms with Gasteiger partial charge in [-0.1, -0.05) is 6.42 Å². The minimum atomic E-state index is 0.146. The van der Waals surface area contributed by atoms with E-state index in [-0.39, 0.29) is 6.61 Å². The zero-order valence-electron chi connectivity index (χ0n) is 8.87. The Morgan fingerprint density at radius 1 is 1.21 bits per heavy atom. The van der Waals surface area contributed by atoms with E-state index in [1.165, 1.54) is 38.9 Å². The molecule has 1 saturated heterocycles. The predicted octanol–water partition coefficient (Wildman–Crippen LogP) is 0.871. The standard InChI is InChI=1S/C11H21NO2/c13-6-8-14-7-2-5-12-9-11(10-12)3-1-4-11/h13H,1-10H2. The zero-order chi connectivity index (χ0) is 9.86. The van der Waals surface area contributed by atoms with Gasteiger partial charge in [0.2, 0.25) is 0 Å². The Bertz CT molecular complexity index is 172.